The van der Waals surface area contributed by atoms with Gasteiger partial charge in [0.15, 0.2) is 0 Å². The first-order valence-corrected chi connectivity index (χ1v) is 6.73. The van der Waals surface area contributed by atoms with Crippen molar-refractivity contribution in [3.05, 3.63) is 68.4 Å². The molecule has 2 rings (SSSR count). The minimum atomic E-state index is -0.340. The summed E-state index contributed by atoms with van der Waals surface area (Å²) in [7, 11) is 1.76. The van der Waals surface area contributed by atoms with Crippen molar-refractivity contribution >= 4 is 34.8 Å². The highest BCUT2D eigenvalue weighted by atomic mass is 35.5. The molecular formula is C14H11Cl3FN. The van der Waals surface area contributed by atoms with E-state index < -0.39 is 0 Å². The van der Waals surface area contributed by atoms with Crippen LogP contribution in [0, 0.1) is 5.82 Å². The monoisotopic (exact) mass is 317 g/mol. The number of hydrogen-bond donors (Lipinski definition) is 1. The van der Waals surface area contributed by atoms with E-state index in [0.29, 0.717) is 20.6 Å². The lowest BCUT2D eigenvalue weighted by atomic mass is 9.98. The van der Waals surface area contributed by atoms with Crippen LogP contribution in [0.5, 0.6) is 0 Å². The summed E-state index contributed by atoms with van der Waals surface area (Å²) in [5.74, 6) is -0.340. The van der Waals surface area contributed by atoms with E-state index in [1.807, 2.05) is 0 Å². The third kappa shape index (κ3) is 3.40. The van der Waals surface area contributed by atoms with E-state index in [1.165, 1.54) is 18.2 Å². The fourth-order valence-corrected chi connectivity index (χ4v) is 2.75. The SMILES string of the molecule is CNC(c1cc(Cl)cc(Cl)c1)c1cc(F)ccc1Cl. The molecule has 0 fully saturated rings. The van der Waals surface area contributed by atoms with Crippen LogP contribution in [0.15, 0.2) is 36.4 Å². The lowest BCUT2D eigenvalue weighted by Gasteiger charge is -2.19. The van der Waals surface area contributed by atoms with Crippen molar-refractivity contribution in [3.8, 4) is 0 Å². The minimum Gasteiger partial charge on any atom is -0.309 e. The van der Waals surface area contributed by atoms with Gasteiger partial charge in [0, 0.05) is 15.1 Å². The van der Waals surface area contributed by atoms with Gasteiger partial charge in [-0.05, 0) is 54.6 Å². The van der Waals surface area contributed by atoms with Crippen LogP contribution in [-0.4, -0.2) is 7.05 Å². The smallest absolute Gasteiger partial charge is 0.123 e. The maximum atomic E-state index is 13.4. The second kappa shape index (κ2) is 6.10. The molecule has 0 heterocycles. The highest BCUT2D eigenvalue weighted by molar-refractivity contribution is 6.34. The third-order valence-electron chi connectivity index (χ3n) is 2.78. The average Bonchev–Trinajstić information content (AvgIpc) is 2.33. The normalized spacial score (nSPS) is 12.5. The van der Waals surface area contributed by atoms with E-state index in [9.17, 15) is 4.39 Å². The number of nitrogens with one attached hydrogen (secondary N) is 1. The molecule has 0 aliphatic heterocycles. The van der Waals surface area contributed by atoms with Crippen molar-refractivity contribution in [2.24, 2.45) is 0 Å². The van der Waals surface area contributed by atoms with Gasteiger partial charge in [-0.1, -0.05) is 34.8 Å². The molecule has 2 aromatic rings. The highest BCUT2D eigenvalue weighted by Crippen LogP contribution is 2.31. The Morgan fingerprint density at radius 1 is 1.00 bits per heavy atom. The van der Waals surface area contributed by atoms with E-state index in [1.54, 1.807) is 25.2 Å². The minimum absolute atomic E-state index is 0.278. The maximum absolute atomic E-state index is 13.4. The maximum Gasteiger partial charge on any atom is 0.123 e. The van der Waals surface area contributed by atoms with Crippen LogP contribution >= 0.6 is 34.8 Å². The van der Waals surface area contributed by atoms with Gasteiger partial charge in [-0.2, -0.15) is 0 Å². The van der Waals surface area contributed by atoms with Gasteiger partial charge in [-0.3, -0.25) is 0 Å². The predicted molar refractivity (Wildman–Crippen MR) is 78.8 cm³/mol. The molecule has 0 amide bonds. The van der Waals surface area contributed by atoms with Crippen LogP contribution in [0.25, 0.3) is 0 Å². The molecule has 1 unspecified atom stereocenters. The molecule has 100 valence electrons. The highest BCUT2D eigenvalue weighted by Gasteiger charge is 2.17. The van der Waals surface area contributed by atoms with Gasteiger partial charge in [0.25, 0.3) is 0 Å². The van der Waals surface area contributed by atoms with Gasteiger partial charge < -0.3 is 5.32 Å². The molecule has 5 heteroatoms. The Hall–Kier alpha value is -0.800. The van der Waals surface area contributed by atoms with Crippen molar-refractivity contribution < 1.29 is 4.39 Å². The largest absolute Gasteiger partial charge is 0.309 e. The Kier molecular flexibility index (Phi) is 4.69. The lowest BCUT2D eigenvalue weighted by molar-refractivity contribution is 0.617. The second-order valence-corrected chi connectivity index (χ2v) is 5.37. The number of halogens is 4. The summed E-state index contributed by atoms with van der Waals surface area (Å²) >= 11 is 18.1. The Morgan fingerprint density at radius 3 is 2.21 bits per heavy atom. The molecule has 1 nitrogen and oxygen atoms in total. The van der Waals surface area contributed by atoms with Gasteiger partial charge >= 0.3 is 0 Å². The molecule has 0 bridgehead atoms. The van der Waals surface area contributed by atoms with Gasteiger partial charge in [-0.25, -0.2) is 4.39 Å². The lowest BCUT2D eigenvalue weighted by Crippen LogP contribution is -2.18. The Morgan fingerprint density at radius 2 is 1.63 bits per heavy atom. The summed E-state index contributed by atoms with van der Waals surface area (Å²) in [5, 5.41) is 4.62. The van der Waals surface area contributed by atoms with Crippen LogP contribution in [0.3, 0.4) is 0 Å². The molecule has 0 saturated carbocycles. The van der Waals surface area contributed by atoms with E-state index in [0.717, 1.165) is 5.56 Å². The zero-order valence-corrected chi connectivity index (χ0v) is 12.3. The summed E-state index contributed by atoms with van der Waals surface area (Å²) in [5.41, 5.74) is 1.47. The second-order valence-electron chi connectivity index (χ2n) is 4.09. The first-order chi connectivity index (χ1) is 9.01. The predicted octanol–water partition coefficient (Wildman–Crippen LogP) is 5.09. The van der Waals surface area contributed by atoms with Crippen molar-refractivity contribution in [2.45, 2.75) is 6.04 Å². The van der Waals surface area contributed by atoms with E-state index in [-0.39, 0.29) is 11.9 Å². The summed E-state index contributed by atoms with van der Waals surface area (Å²) in [6.45, 7) is 0. The summed E-state index contributed by atoms with van der Waals surface area (Å²) < 4.78 is 13.4. The van der Waals surface area contributed by atoms with Crippen LogP contribution in [0.2, 0.25) is 15.1 Å². The first-order valence-electron chi connectivity index (χ1n) is 5.59. The van der Waals surface area contributed by atoms with Crippen molar-refractivity contribution in [1.29, 1.82) is 0 Å². The van der Waals surface area contributed by atoms with Gasteiger partial charge in [0.2, 0.25) is 0 Å². The van der Waals surface area contributed by atoms with Crippen molar-refractivity contribution in [1.82, 2.24) is 5.32 Å². The Labute approximate surface area is 126 Å². The zero-order valence-electron chi connectivity index (χ0n) is 10.1. The number of benzene rings is 2. The van der Waals surface area contributed by atoms with Gasteiger partial charge in [-0.15, -0.1) is 0 Å². The molecular weight excluding hydrogens is 308 g/mol. The number of hydrogen-bond acceptors (Lipinski definition) is 1. The standard InChI is InChI=1S/C14H11Cl3FN/c1-19-14(8-4-9(15)6-10(16)5-8)12-7-11(18)2-3-13(12)17/h2-7,14,19H,1H3. The van der Waals surface area contributed by atoms with Gasteiger partial charge in [0.05, 0.1) is 6.04 Å². The third-order valence-corrected chi connectivity index (χ3v) is 3.56. The molecule has 19 heavy (non-hydrogen) atoms. The van der Waals surface area contributed by atoms with E-state index in [4.69, 9.17) is 34.8 Å². The molecule has 2 aromatic carbocycles. The fraction of sp³-hybridized carbons (Fsp3) is 0.143. The average molecular weight is 319 g/mol. The van der Waals surface area contributed by atoms with Crippen LogP contribution in [0.1, 0.15) is 17.2 Å². The van der Waals surface area contributed by atoms with E-state index in [2.05, 4.69) is 5.32 Å². The molecule has 1 atom stereocenters. The van der Waals surface area contributed by atoms with E-state index >= 15 is 0 Å². The first kappa shape index (κ1) is 14.6. The quantitative estimate of drug-likeness (QED) is 0.830. The number of rotatable bonds is 3. The van der Waals surface area contributed by atoms with Gasteiger partial charge in [0.1, 0.15) is 5.82 Å². The van der Waals surface area contributed by atoms with Crippen molar-refractivity contribution in [3.63, 3.8) is 0 Å². The van der Waals surface area contributed by atoms with Crippen molar-refractivity contribution in [2.75, 3.05) is 7.05 Å². The molecule has 0 aromatic heterocycles. The van der Waals surface area contributed by atoms with Crippen LogP contribution < -0.4 is 5.32 Å². The molecule has 1 N–H and O–H groups in total. The van der Waals surface area contributed by atoms with Crippen LogP contribution in [-0.2, 0) is 0 Å². The molecule has 0 saturated heterocycles. The van der Waals surface area contributed by atoms with Crippen LogP contribution in [0.4, 0.5) is 4.39 Å². The molecule has 0 aliphatic carbocycles. The molecule has 0 aliphatic rings. The molecule has 0 spiro atoms. The molecule has 0 radical (unpaired) electrons. The topological polar surface area (TPSA) is 12.0 Å². The summed E-state index contributed by atoms with van der Waals surface area (Å²) in [4.78, 5) is 0. The summed E-state index contributed by atoms with van der Waals surface area (Å²) in [6, 6.07) is 9.17. The fourth-order valence-electron chi connectivity index (χ4n) is 1.98. The Balaban J connectivity index is 2.52. The zero-order chi connectivity index (χ0) is 14.0. The Bertz CT molecular complexity index is 581. The summed E-state index contributed by atoms with van der Waals surface area (Å²) in [6.07, 6.45) is 0.